The van der Waals surface area contributed by atoms with E-state index in [4.69, 9.17) is 9.73 Å². The van der Waals surface area contributed by atoms with Crippen molar-refractivity contribution in [1.29, 1.82) is 0 Å². The lowest BCUT2D eigenvalue weighted by Gasteiger charge is -2.10. The standard InChI is InChI=1S/C28H24N2O/c1-19-8-13-22(14-9-19)29-28(20-10-15-23(31-3)16-11-20)21-12-17-27-25(18-21)24-6-4-5-7-26(24)30(27)2/h4-18H,1-3H3. The van der Waals surface area contributed by atoms with Gasteiger partial charge in [-0.25, -0.2) is 4.99 Å². The molecule has 31 heavy (non-hydrogen) atoms. The molecule has 0 aliphatic heterocycles. The van der Waals surface area contributed by atoms with Crippen molar-refractivity contribution in [2.75, 3.05) is 7.11 Å². The fourth-order valence-electron chi connectivity index (χ4n) is 4.11. The van der Waals surface area contributed by atoms with Crippen LogP contribution in [0.3, 0.4) is 0 Å². The van der Waals surface area contributed by atoms with Gasteiger partial charge in [0.1, 0.15) is 5.75 Å². The molecule has 0 fully saturated rings. The summed E-state index contributed by atoms with van der Waals surface area (Å²) in [4.78, 5) is 5.06. The second-order valence-corrected chi connectivity index (χ2v) is 7.83. The summed E-state index contributed by atoms with van der Waals surface area (Å²) in [6.45, 7) is 2.09. The maximum absolute atomic E-state index is 5.35. The maximum Gasteiger partial charge on any atom is 0.118 e. The van der Waals surface area contributed by atoms with Crippen LogP contribution in [0.4, 0.5) is 5.69 Å². The molecular formula is C28H24N2O. The van der Waals surface area contributed by atoms with Crippen LogP contribution in [0.2, 0.25) is 0 Å². The Morgan fingerprint density at radius 1 is 0.742 bits per heavy atom. The van der Waals surface area contributed by atoms with Crippen LogP contribution >= 0.6 is 0 Å². The Balaban J connectivity index is 1.72. The van der Waals surface area contributed by atoms with Gasteiger partial charge in [0, 0.05) is 40.0 Å². The predicted molar refractivity (Wildman–Crippen MR) is 130 cm³/mol. The number of rotatable bonds is 4. The molecule has 0 saturated carbocycles. The third-order valence-corrected chi connectivity index (χ3v) is 5.83. The molecular weight excluding hydrogens is 380 g/mol. The minimum atomic E-state index is 0.836. The molecule has 0 aliphatic carbocycles. The maximum atomic E-state index is 5.35. The molecule has 0 amide bonds. The van der Waals surface area contributed by atoms with Crippen molar-refractivity contribution in [3.05, 3.63) is 108 Å². The van der Waals surface area contributed by atoms with Crippen LogP contribution < -0.4 is 4.74 Å². The monoisotopic (exact) mass is 404 g/mol. The number of aromatic nitrogens is 1. The molecule has 152 valence electrons. The number of aliphatic imine (C=N–C) groups is 1. The quantitative estimate of drug-likeness (QED) is 0.302. The molecule has 3 nitrogen and oxygen atoms in total. The summed E-state index contributed by atoms with van der Waals surface area (Å²) < 4.78 is 7.60. The van der Waals surface area contributed by atoms with Crippen molar-refractivity contribution in [2.24, 2.45) is 12.0 Å². The molecule has 0 radical (unpaired) electrons. The van der Waals surface area contributed by atoms with E-state index >= 15 is 0 Å². The van der Waals surface area contributed by atoms with Crippen LogP contribution in [0.5, 0.6) is 5.75 Å². The van der Waals surface area contributed by atoms with Crippen molar-refractivity contribution >= 4 is 33.2 Å². The fraction of sp³-hybridized carbons (Fsp3) is 0.107. The van der Waals surface area contributed by atoms with Crippen molar-refractivity contribution in [3.63, 3.8) is 0 Å². The van der Waals surface area contributed by atoms with Crippen molar-refractivity contribution in [1.82, 2.24) is 4.57 Å². The van der Waals surface area contributed by atoms with Gasteiger partial charge in [-0.1, -0.05) is 42.0 Å². The smallest absolute Gasteiger partial charge is 0.118 e. The first-order valence-corrected chi connectivity index (χ1v) is 10.4. The number of benzene rings is 4. The average molecular weight is 405 g/mol. The minimum absolute atomic E-state index is 0.836. The Bertz CT molecular complexity index is 1410. The third kappa shape index (κ3) is 3.49. The van der Waals surface area contributed by atoms with E-state index in [9.17, 15) is 0 Å². The lowest BCUT2D eigenvalue weighted by Crippen LogP contribution is -2.03. The zero-order chi connectivity index (χ0) is 21.4. The van der Waals surface area contributed by atoms with E-state index in [2.05, 4.69) is 97.4 Å². The van der Waals surface area contributed by atoms with Gasteiger partial charge in [0.25, 0.3) is 0 Å². The molecule has 0 N–H and O–H groups in total. The summed E-state index contributed by atoms with van der Waals surface area (Å²) in [7, 11) is 3.81. The molecule has 0 bridgehead atoms. The summed E-state index contributed by atoms with van der Waals surface area (Å²) in [6.07, 6.45) is 0. The Morgan fingerprint density at radius 3 is 2.16 bits per heavy atom. The Labute approximate surface area is 182 Å². The van der Waals surface area contributed by atoms with Gasteiger partial charge < -0.3 is 9.30 Å². The van der Waals surface area contributed by atoms with Gasteiger partial charge in [-0.15, -0.1) is 0 Å². The van der Waals surface area contributed by atoms with E-state index in [0.29, 0.717) is 0 Å². The van der Waals surface area contributed by atoms with Crippen LogP contribution in [0.15, 0.2) is 96.0 Å². The number of aryl methyl sites for hydroxylation is 2. The molecule has 1 aromatic heterocycles. The molecule has 4 aromatic carbocycles. The van der Waals surface area contributed by atoms with Crippen LogP contribution in [-0.4, -0.2) is 17.4 Å². The molecule has 0 spiro atoms. The second kappa shape index (κ2) is 7.77. The largest absolute Gasteiger partial charge is 0.497 e. The van der Waals surface area contributed by atoms with Crippen LogP contribution in [0.1, 0.15) is 16.7 Å². The summed E-state index contributed by atoms with van der Waals surface area (Å²) in [5.41, 5.74) is 7.71. The van der Waals surface area contributed by atoms with Crippen molar-refractivity contribution in [2.45, 2.75) is 6.92 Å². The van der Waals surface area contributed by atoms with Crippen LogP contribution in [0, 0.1) is 6.92 Å². The van der Waals surface area contributed by atoms with Crippen molar-refractivity contribution < 1.29 is 4.74 Å². The Hall–Kier alpha value is -3.85. The number of hydrogen-bond donors (Lipinski definition) is 0. The second-order valence-electron chi connectivity index (χ2n) is 7.83. The highest BCUT2D eigenvalue weighted by Gasteiger charge is 2.13. The van der Waals surface area contributed by atoms with Gasteiger partial charge >= 0.3 is 0 Å². The predicted octanol–water partition coefficient (Wildman–Crippen LogP) is 6.82. The van der Waals surface area contributed by atoms with Gasteiger partial charge in [-0.2, -0.15) is 0 Å². The first-order valence-electron chi connectivity index (χ1n) is 10.4. The number of hydrogen-bond acceptors (Lipinski definition) is 2. The summed E-state index contributed by atoms with van der Waals surface area (Å²) in [5.74, 6) is 0.836. The molecule has 1 heterocycles. The molecule has 0 atom stereocenters. The highest BCUT2D eigenvalue weighted by molar-refractivity contribution is 6.17. The summed E-state index contributed by atoms with van der Waals surface area (Å²) in [5, 5.41) is 2.49. The normalized spacial score (nSPS) is 11.9. The first-order chi connectivity index (χ1) is 15.1. The van der Waals surface area contributed by atoms with Gasteiger partial charge in [0.05, 0.1) is 18.5 Å². The Morgan fingerprint density at radius 2 is 1.42 bits per heavy atom. The number of fused-ring (bicyclic) bond motifs is 3. The van der Waals surface area contributed by atoms with Crippen LogP contribution in [-0.2, 0) is 7.05 Å². The molecule has 3 heteroatoms. The number of para-hydroxylation sites is 1. The molecule has 5 aromatic rings. The number of methoxy groups -OCH3 is 1. The molecule has 0 saturated heterocycles. The minimum Gasteiger partial charge on any atom is -0.497 e. The van der Waals surface area contributed by atoms with E-state index in [1.165, 1.54) is 27.4 Å². The first kappa shape index (κ1) is 19.1. The molecule has 0 unspecified atom stereocenters. The van der Waals surface area contributed by atoms with E-state index in [1.54, 1.807) is 7.11 Å². The van der Waals surface area contributed by atoms with Gasteiger partial charge in [-0.3, -0.25) is 0 Å². The zero-order valence-electron chi connectivity index (χ0n) is 18.0. The summed E-state index contributed by atoms with van der Waals surface area (Å²) >= 11 is 0. The summed E-state index contributed by atoms with van der Waals surface area (Å²) in [6, 6.07) is 31.6. The molecule has 0 aliphatic rings. The highest BCUT2D eigenvalue weighted by Crippen LogP contribution is 2.30. The van der Waals surface area contributed by atoms with Gasteiger partial charge in [-0.05, 0) is 61.5 Å². The van der Waals surface area contributed by atoms with E-state index in [0.717, 1.165) is 28.3 Å². The molecule has 5 rings (SSSR count). The number of ether oxygens (including phenoxy) is 1. The van der Waals surface area contributed by atoms with Gasteiger partial charge in [0.2, 0.25) is 0 Å². The van der Waals surface area contributed by atoms with Crippen molar-refractivity contribution in [3.8, 4) is 5.75 Å². The lowest BCUT2D eigenvalue weighted by atomic mass is 9.99. The average Bonchev–Trinajstić information content (AvgIpc) is 3.10. The van der Waals surface area contributed by atoms with E-state index < -0.39 is 0 Å². The van der Waals surface area contributed by atoms with Crippen LogP contribution in [0.25, 0.3) is 21.8 Å². The zero-order valence-corrected chi connectivity index (χ0v) is 18.0. The highest BCUT2D eigenvalue weighted by atomic mass is 16.5. The third-order valence-electron chi connectivity index (χ3n) is 5.83. The van der Waals surface area contributed by atoms with Gasteiger partial charge in [0.15, 0.2) is 0 Å². The topological polar surface area (TPSA) is 26.5 Å². The van der Waals surface area contributed by atoms with E-state index in [1.807, 2.05) is 12.1 Å². The SMILES string of the molecule is COc1ccc(C(=Nc2ccc(C)cc2)c2ccc3c(c2)c2ccccc2n3C)cc1. The Kier molecular flexibility index (Phi) is 4.79. The number of nitrogens with zero attached hydrogens (tertiary/aromatic N) is 2. The lowest BCUT2D eigenvalue weighted by molar-refractivity contribution is 0.415. The van der Waals surface area contributed by atoms with E-state index in [-0.39, 0.29) is 0 Å². The fourth-order valence-corrected chi connectivity index (χ4v) is 4.11.